The van der Waals surface area contributed by atoms with E-state index in [1.807, 2.05) is 0 Å². The summed E-state index contributed by atoms with van der Waals surface area (Å²) in [5, 5.41) is 20.5. The molecule has 0 fully saturated rings. The first-order valence-corrected chi connectivity index (χ1v) is 12.4. The van der Waals surface area contributed by atoms with Crippen molar-refractivity contribution >= 4 is 11.8 Å². The van der Waals surface area contributed by atoms with E-state index in [0.717, 1.165) is 18.7 Å². The number of amidine groups is 1. The molecule has 0 aromatic heterocycles. The van der Waals surface area contributed by atoms with Crippen molar-refractivity contribution in [2.75, 3.05) is 32.8 Å². The number of carboxylic acid groups (broad SMARTS) is 1. The fourth-order valence-electron chi connectivity index (χ4n) is 4.55. The zero-order valence-electron chi connectivity index (χ0n) is 21.0. The average Bonchev–Trinajstić information content (AvgIpc) is 3.06. The number of aliphatic carboxylic acids is 1. The number of aliphatic hydroxyl groups excluding tert-OH is 1. The fourth-order valence-corrected chi connectivity index (χ4v) is 4.55. The second-order valence-electron chi connectivity index (χ2n) is 8.84. The Bertz CT molecular complexity index is 464. The maximum Gasteiger partial charge on any atom is 1.00 e. The van der Waals surface area contributed by atoms with Gasteiger partial charge in [0.25, 0.3) is 0 Å². The van der Waals surface area contributed by atoms with Gasteiger partial charge in [0.05, 0.1) is 19.1 Å². The Morgan fingerprint density at radius 2 is 1.32 bits per heavy atom. The first-order chi connectivity index (χ1) is 14.1. The first kappa shape index (κ1) is 34.2. The number of unbranched alkanes of at least 4 members (excludes halogenated alkanes) is 14. The third-order valence-corrected chi connectivity index (χ3v) is 6.33. The van der Waals surface area contributed by atoms with Crippen molar-refractivity contribution in [3.63, 3.8) is 0 Å². The van der Waals surface area contributed by atoms with Crippen molar-refractivity contribution in [2.24, 2.45) is 4.99 Å². The van der Waals surface area contributed by atoms with Gasteiger partial charge in [0.2, 0.25) is 0 Å². The van der Waals surface area contributed by atoms with Crippen molar-refractivity contribution in [2.45, 2.75) is 110 Å². The van der Waals surface area contributed by atoms with Crippen LogP contribution in [0.1, 0.15) is 110 Å². The van der Waals surface area contributed by atoms with E-state index in [4.69, 9.17) is 0 Å². The SMILES string of the molecule is CCCCCCCCCCCCCCCCCC1=NCC[N+]1(CCO)CC(=O)[O-].[Na+].[Na+]. The van der Waals surface area contributed by atoms with E-state index in [-0.39, 0.29) is 72.3 Å². The van der Waals surface area contributed by atoms with E-state index in [0.29, 0.717) is 24.1 Å². The van der Waals surface area contributed by atoms with Gasteiger partial charge in [-0.05, 0) is 6.42 Å². The second kappa shape index (κ2) is 22.8. The normalized spacial score (nSPS) is 17.7. The molecule has 1 aliphatic heterocycles. The molecule has 170 valence electrons. The van der Waals surface area contributed by atoms with Gasteiger partial charge in [-0.1, -0.05) is 96.8 Å². The summed E-state index contributed by atoms with van der Waals surface area (Å²) in [6.07, 6.45) is 21.0. The quantitative estimate of drug-likeness (QED) is 0.134. The van der Waals surface area contributed by atoms with E-state index in [1.165, 1.54) is 89.9 Å². The van der Waals surface area contributed by atoms with Gasteiger partial charge in [0, 0.05) is 6.42 Å². The van der Waals surface area contributed by atoms with Gasteiger partial charge in [-0.2, -0.15) is 0 Å². The maximum atomic E-state index is 11.1. The van der Waals surface area contributed by atoms with Gasteiger partial charge in [0.15, 0.2) is 5.84 Å². The minimum Gasteiger partial charge on any atom is -0.544 e. The standard InChI is InChI=1S/C24H46N2O3.2Na/c1-2-3-4-5-6-7-8-9-10-11-12-13-14-15-16-17-23-25-18-19-26(23,20-21-27)22-24(28)29;;/h27H,2-22H2,1H3;;/q;2*+1. The third kappa shape index (κ3) is 16.3. The number of carbonyl (C=O) groups is 1. The molecule has 1 N–H and O–H groups in total. The Morgan fingerprint density at radius 3 is 1.74 bits per heavy atom. The zero-order chi connectivity index (χ0) is 21.2. The number of nitrogens with zero attached hydrogens (tertiary/aromatic N) is 2. The molecule has 0 aromatic rings. The molecular weight excluding hydrogens is 410 g/mol. The molecule has 1 heterocycles. The van der Waals surface area contributed by atoms with Crippen LogP contribution in [0.3, 0.4) is 0 Å². The molecule has 0 bridgehead atoms. The Kier molecular flexibility index (Phi) is 25.2. The number of carboxylic acids is 1. The molecule has 0 amide bonds. The number of rotatable bonds is 20. The van der Waals surface area contributed by atoms with Gasteiger partial charge in [0.1, 0.15) is 19.6 Å². The van der Waals surface area contributed by atoms with Gasteiger partial charge in [-0.15, -0.1) is 0 Å². The smallest absolute Gasteiger partial charge is 0.544 e. The van der Waals surface area contributed by atoms with Gasteiger partial charge < -0.3 is 15.0 Å². The number of hydrogen-bond donors (Lipinski definition) is 1. The topological polar surface area (TPSA) is 72.7 Å². The Labute approximate surface area is 236 Å². The van der Waals surface area contributed by atoms with Crippen LogP contribution in [0.4, 0.5) is 0 Å². The van der Waals surface area contributed by atoms with Crippen LogP contribution in [0.2, 0.25) is 0 Å². The van der Waals surface area contributed by atoms with Crippen molar-refractivity contribution < 1.29 is 78.6 Å². The predicted octanol–water partition coefficient (Wildman–Crippen LogP) is -1.77. The van der Waals surface area contributed by atoms with E-state index < -0.39 is 5.97 Å². The Morgan fingerprint density at radius 1 is 0.871 bits per heavy atom. The van der Waals surface area contributed by atoms with Crippen LogP contribution in [0, 0.1) is 0 Å². The molecule has 1 rings (SSSR count). The van der Waals surface area contributed by atoms with Crippen LogP contribution in [-0.4, -0.2) is 54.2 Å². The minimum atomic E-state index is -1.05. The molecule has 7 heteroatoms. The summed E-state index contributed by atoms with van der Waals surface area (Å²) < 4.78 is 0.303. The molecule has 0 radical (unpaired) electrons. The Hall–Kier alpha value is 1.06. The van der Waals surface area contributed by atoms with Crippen LogP contribution in [0.25, 0.3) is 0 Å². The summed E-state index contributed by atoms with van der Waals surface area (Å²) >= 11 is 0. The summed E-state index contributed by atoms with van der Waals surface area (Å²) in [4.78, 5) is 15.7. The third-order valence-electron chi connectivity index (χ3n) is 6.33. The van der Waals surface area contributed by atoms with Gasteiger partial charge >= 0.3 is 59.1 Å². The average molecular weight is 457 g/mol. The predicted molar refractivity (Wildman–Crippen MR) is 119 cm³/mol. The molecule has 1 atom stereocenters. The summed E-state index contributed by atoms with van der Waals surface area (Å²) in [7, 11) is 0. The van der Waals surface area contributed by atoms with Gasteiger partial charge in [-0.3, -0.25) is 4.48 Å². The van der Waals surface area contributed by atoms with Crippen LogP contribution >= 0.6 is 0 Å². The fraction of sp³-hybridized carbons (Fsp3) is 0.917. The molecule has 0 spiro atoms. The maximum absolute atomic E-state index is 11.1. The van der Waals surface area contributed by atoms with Gasteiger partial charge in [-0.25, -0.2) is 4.99 Å². The van der Waals surface area contributed by atoms with Crippen LogP contribution in [-0.2, 0) is 4.79 Å². The number of aliphatic hydroxyl groups is 1. The van der Waals surface area contributed by atoms with Crippen molar-refractivity contribution in [3.05, 3.63) is 0 Å². The van der Waals surface area contributed by atoms with Crippen LogP contribution in [0.5, 0.6) is 0 Å². The van der Waals surface area contributed by atoms with Crippen LogP contribution in [0.15, 0.2) is 4.99 Å². The summed E-state index contributed by atoms with van der Waals surface area (Å²) in [5.41, 5.74) is 0. The summed E-state index contributed by atoms with van der Waals surface area (Å²) in [6, 6.07) is 0. The molecule has 5 nitrogen and oxygen atoms in total. The molecule has 1 aliphatic rings. The second-order valence-corrected chi connectivity index (χ2v) is 8.84. The number of carbonyl (C=O) groups excluding carboxylic acids is 1. The first-order valence-electron chi connectivity index (χ1n) is 12.4. The summed E-state index contributed by atoms with van der Waals surface area (Å²) in [5.74, 6) is -0.0949. The summed E-state index contributed by atoms with van der Waals surface area (Å²) in [6.45, 7) is 3.99. The number of quaternary nitrogens is 1. The van der Waals surface area contributed by atoms with Crippen molar-refractivity contribution in [3.8, 4) is 0 Å². The number of hydrogen-bond acceptors (Lipinski definition) is 4. The van der Waals surface area contributed by atoms with E-state index in [2.05, 4.69) is 11.9 Å². The molecule has 0 saturated heterocycles. The molecule has 1 unspecified atom stereocenters. The molecule has 31 heavy (non-hydrogen) atoms. The zero-order valence-corrected chi connectivity index (χ0v) is 25.0. The van der Waals surface area contributed by atoms with E-state index in [9.17, 15) is 15.0 Å². The van der Waals surface area contributed by atoms with Crippen LogP contribution < -0.4 is 64.2 Å². The van der Waals surface area contributed by atoms with E-state index in [1.54, 1.807) is 0 Å². The largest absolute Gasteiger partial charge is 1.00 e. The van der Waals surface area contributed by atoms with E-state index >= 15 is 0 Å². The minimum absolute atomic E-state index is 0. The monoisotopic (exact) mass is 456 g/mol. The molecule has 0 aromatic carbocycles. The molecule has 0 aliphatic carbocycles. The molecule has 0 saturated carbocycles. The molecular formula is C24H46N2Na2O3+2. The number of aliphatic imine (C=N–C) groups is 1. The van der Waals surface area contributed by atoms with Crippen molar-refractivity contribution in [1.29, 1.82) is 0 Å². The Balaban J connectivity index is 0. The van der Waals surface area contributed by atoms with Crippen molar-refractivity contribution in [1.82, 2.24) is 0 Å².